The first-order valence-electron chi connectivity index (χ1n) is 7.29. The van der Waals surface area contributed by atoms with Crippen LogP contribution in [0, 0.1) is 4.91 Å². The molecule has 0 bridgehead atoms. The molecule has 0 atom stereocenters. The van der Waals surface area contributed by atoms with Crippen LogP contribution in [-0.2, 0) is 13.6 Å². The Morgan fingerprint density at radius 1 is 1.12 bits per heavy atom. The lowest BCUT2D eigenvalue weighted by Gasteiger charge is -2.13. The Labute approximate surface area is 136 Å². The molecule has 0 amide bonds. The number of aromatic nitrogens is 5. The first-order valence-corrected chi connectivity index (χ1v) is 7.29. The molecule has 0 unspecified atom stereocenters. The molecule has 0 fully saturated rings. The van der Waals surface area contributed by atoms with E-state index in [1.54, 1.807) is 24.3 Å². The zero-order valence-electron chi connectivity index (χ0n) is 13.4. The van der Waals surface area contributed by atoms with Gasteiger partial charge in [-0.1, -0.05) is 0 Å². The zero-order valence-corrected chi connectivity index (χ0v) is 13.4. The standard InChI is InChI=1S/C15H15N6O3/c1-4-21-13-11(14(22)19(2)15(23)17-13)16-12(18-21)9-5-7-10(8-6-9)20(3)24/h5-8H,4H2,1-3H3/q+1. The molecular weight excluding hydrogens is 312 g/mol. The van der Waals surface area contributed by atoms with E-state index in [1.165, 1.54) is 18.8 Å². The third kappa shape index (κ3) is 2.49. The molecule has 0 saturated carbocycles. The summed E-state index contributed by atoms with van der Waals surface area (Å²) in [7, 11) is 2.76. The molecular formula is C15H15N6O3+. The highest BCUT2D eigenvalue weighted by molar-refractivity contribution is 5.60. The molecule has 1 aromatic carbocycles. The van der Waals surface area contributed by atoms with E-state index in [4.69, 9.17) is 0 Å². The maximum atomic E-state index is 12.3. The second-order valence-corrected chi connectivity index (χ2v) is 5.23. The minimum Gasteiger partial charge on any atom is -0.267 e. The Morgan fingerprint density at radius 2 is 1.79 bits per heavy atom. The third-order valence-electron chi connectivity index (χ3n) is 3.67. The molecule has 0 aliphatic carbocycles. The maximum Gasteiger partial charge on any atom is 0.352 e. The van der Waals surface area contributed by atoms with Gasteiger partial charge >= 0.3 is 5.69 Å². The van der Waals surface area contributed by atoms with Crippen molar-refractivity contribution in [3.8, 4) is 22.9 Å². The van der Waals surface area contributed by atoms with E-state index in [0.717, 1.165) is 9.33 Å². The van der Waals surface area contributed by atoms with Crippen LogP contribution >= 0.6 is 0 Å². The Morgan fingerprint density at radius 3 is 2.38 bits per heavy atom. The van der Waals surface area contributed by atoms with Crippen LogP contribution in [-0.4, -0.2) is 36.1 Å². The SMILES string of the molecule is CCn1nc(-c2ccc([N+](C)=O)cc2)nc2c(=O)n(C)c(=O)nc1-2. The van der Waals surface area contributed by atoms with E-state index < -0.39 is 11.2 Å². The summed E-state index contributed by atoms with van der Waals surface area (Å²) >= 11 is 0. The molecule has 0 spiro atoms. The molecule has 9 nitrogen and oxygen atoms in total. The summed E-state index contributed by atoms with van der Waals surface area (Å²) in [6.45, 7) is 2.25. The lowest BCUT2D eigenvalue weighted by atomic mass is 10.2. The predicted octanol–water partition coefficient (Wildman–Crippen LogP) is 0.564. The van der Waals surface area contributed by atoms with Crippen molar-refractivity contribution < 1.29 is 4.76 Å². The molecule has 0 radical (unpaired) electrons. The Kier molecular flexibility index (Phi) is 3.76. The molecule has 122 valence electrons. The van der Waals surface area contributed by atoms with Crippen LogP contribution in [0.1, 0.15) is 6.92 Å². The van der Waals surface area contributed by atoms with Crippen molar-refractivity contribution >= 4 is 5.69 Å². The van der Waals surface area contributed by atoms with Gasteiger partial charge in [-0.2, -0.15) is 10.1 Å². The topological polar surface area (TPSA) is 103 Å². The van der Waals surface area contributed by atoms with E-state index in [9.17, 15) is 14.5 Å². The fraction of sp³-hybridized carbons (Fsp3) is 0.267. The van der Waals surface area contributed by atoms with Gasteiger partial charge in [0, 0.05) is 41.0 Å². The molecule has 3 rings (SSSR count). The van der Waals surface area contributed by atoms with Crippen molar-refractivity contribution in [3.63, 3.8) is 0 Å². The minimum absolute atomic E-state index is 0.0777. The van der Waals surface area contributed by atoms with Gasteiger partial charge in [0.05, 0.1) is 0 Å². The largest absolute Gasteiger partial charge is 0.352 e. The monoisotopic (exact) mass is 327 g/mol. The van der Waals surface area contributed by atoms with Gasteiger partial charge in [-0.3, -0.25) is 9.36 Å². The van der Waals surface area contributed by atoms with Crippen molar-refractivity contribution in [3.05, 3.63) is 50.0 Å². The van der Waals surface area contributed by atoms with E-state index >= 15 is 0 Å². The number of hydrogen-bond acceptors (Lipinski definition) is 6. The second-order valence-electron chi connectivity index (χ2n) is 5.23. The van der Waals surface area contributed by atoms with Gasteiger partial charge in [-0.05, 0) is 19.1 Å². The van der Waals surface area contributed by atoms with Crippen molar-refractivity contribution in [2.24, 2.45) is 7.05 Å². The lowest BCUT2D eigenvalue weighted by Crippen LogP contribution is -2.37. The highest BCUT2D eigenvalue weighted by Crippen LogP contribution is 2.21. The van der Waals surface area contributed by atoms with E-state index in [0.29, 0.717) is 23.6 Å². The number of rotatable bonds is 3. The zero-order chi connectivity index (χ0) is 17.4. The summed E-state index contributed by atoms with van der Waals surface area (Å²) in [5.74, 6) is 0.479. The maximum absolute atomic E-state index is 12.3. The first kappa shape index (κ1) is 15.7. The van der Waals surface area contributed by atoms with Crippen LogP contribution < -0.4 is 11.2 Å². The normalized spacial score (nSPS) is 11.0. The van der Waals surface area contributed by atoms with Crippen LogP contribution in [0.25, 0.3) is 22.9 Å². The minimum atomic E-state index is -0.645. The van der Waals surface area contributed by atoms with Crippen molar-refractivity contribution in [1.82, 2.24) is 24.3 Å². The molecule has 2 aliphatic rings. The summed E-state index contributed by atoms with van der Waals surface area (Å²) in [5.41, 5.74) is 0.0593. The Bertz CT molecular complexity index is 1020. The van der Waals surface area contributed by atoms with Gasteiger partial charge in [0.15, 0.2) is 24.4 Å². The van der Waals surface area contributed by atoms with E-state index in [1.807, 2.05) is 6.92 Å². The molecule has 0 aromatic heterocycles. The molecule has 2 heterocycles. The summed E-state index contributed by atoms with van der Waals surface area (Å²) in [5, 5.41) is 4.34. The first-order chi connectivity index (χ1) is 11.4. The van der Waals surface area contributed by atoms with Crippen molar-refractivity contribution in [2.45, 2.75) is 13.5 Å². The fourth-order valence-corrected chi connectivity index (χ4v) is 2.29. The molecule has 24 heavy (non-hydrogen) atoms. The Hall–Kier alpha value is -3.23. The quantitative estimate of drug-likeness (QED) is 0.651. The molecule has 9 heteroatoms. The van der Waals surface area contributed by atoms with Crippen LogP contribution in [0.4, 0.5) is 5.69 Å². The van der Waals surface area contributed by atoms with Crippen LogP contribution in [0.3, 0.4) is 0 Å². The van der Waals surface area contributed by atoms with Gasteiger partial charge in [0.25, 0.3) is 11.2 Å². The number of nitrogens with zero attached hydrogens (tertiary/aromatic N) is 6. The van der Waals surface area contributed by atoms with Crippen LogP contribution in [0.5, 0.6) is 0 Å². The van der Waals surface area contributed by atoms with Gasteiger partial charge in [-0.15, -0.1) is 0 Å². The van der Waals surface area contributed by atoms with Crippen molar-refractivity contribution in [2.75, 3.05) is 7.05 Å². The van der Waals surface area contributed by atoms with Gasteiger partial charge in [0.1, 0.15) is 0 Å². The highest BCUT2D eigenvalue weighted by Gasteiger charge is 2.20. The molecule has 0 N–H and O–H groups in total. The summed E-state index contributed by atoms with van der Waals surface area (Å²) in [4.78, 5) is 43.5. The second kappa shape index (κ2) is 5.76. The van der Waals surface area contributed by atoms with E-state index in [2.05, 4.69) is 15.1 Å². The summed E-state index contributed by atoms with van der Waals surface area (Å²) < 4.78 is 3.12. The number of aryl methyl sites for hydroxylation is 1. The third-order valence-corrected chi connectivity index (χ3v) is 3.67. The van der Waals surface area contributed by atoms with Crippen LogP contribution in [0.2, 0.25) is 0 Å². The van der Waals surface area contributed by atoms with Gasteiger partial charge in [-0.25, -0.2) is 14.5 Å². The predicted molar refractivity (Wildman–Crippen MR) is 86.3 cm³/mol. The number of hydrogen-bond donors (Lipinski definition) is 0. The number of benzene rings is 1. The van der Waals surface area contributed by atoms with Crippen molar-refractivity contribution in [1.29, 1.82) is 0 Å². The average Bonchev–Trinajstić information content (AvgIpc) is 2.59. The molecule has 1 aromatic rings. The summed E-state index contributed by atoms with van der Waals surface area (Å²) in [6, 6.07) is 6.68. The lowest BCUT2D eigenvalue weighted by molar-refractivity contribution is -0.428. The number of nitroso groups, excluding NO2 is 1. The van der Waals surface area contributed by atoms with Gasteiger partial charge in [0.2, 0.25) is 0 Å². The average molecular weight is 327 g/mol. The smallest absolute Gasteiger partial charge is 0.267 e. The highest BCUT2D eigenvalue weighted by atomic mass is 16.3. The Balaban J connectivity index is 2.26. The molecule has 2 aliphatic heterocycles. The summed E-state index contributed by atoms with van der Waals surface area (Å²) in [6.07, 6.45) is 0. The number of fused-ring (bicyclic) bond motifs is 1. The van der Waals surface area contributed by atoms with E-state index in [-0.39, 0.29) is 11.5 Å². The van der Waals surface area contributed by atoms with Gasteiger partial charge < -0.3 is 0 Å². The molecule has 0 saturated heterocycles. The van der Waals surface area contributed by atoms with Crippen LogP contribution in [0.15, 0.2) is 33.9 Å². The fourth-order valence-electron chi connectivity index (χ4n) is 2.29.